The molecule has 3 heteroatoms. The first-order valence-electron chi connectivity index (χ1n) is 5.63. The molecule has 0 saturated carbocycles. The van der Waals surface area contributed by atoms with Crippen LogP contribution in [0.2, 0.25) is 0 Å². The second-order valence-electron chi connectivity index (χ2n) is 4.16. The van der Waals surface area contributed by atoms with Crippen molar-refractivity contribution in [2.24, 2.45) is 0 Å². The summed E-state index contributed by atoms with van der Waals surface area (Å²) in [5.74, 6) is 0. The second-order valence-corrected chi connectivity index (χ2v) is 5.33. The fourth-order valence-corrected chi connectivity index (χ4v) is 2.76. The predicted octanol–water partition coefficient (Wildman–Crippen LogP) is 3.50. The summed E-state index contributed by atoms with van der Waals surface area (Å²) in [7, 11) is 1.77. The van der Waals surface area contributed by atoms with Gasteiger partial charge in [0.05, 0.1) is 0 Å². The molecule has 1 atom stereocenters. The highest BCUT2D eigenvalue weighted by molar-refractivity contribution is 14.1. The lowest BCUT2D eigenvalue weighted by molar-refractivity contribution is -0.0552. The van der Waals surface area contributed by atoms with Gasteiger partial charge in [0.1, 0.15) is 5.72 Å². The average Bonchev–Trinajstić information content (AvgIpc) is 2.26. The molecule has 0 aliphatic rings. The molecule has 0 amide bonds. The normalized spacial score (nSPS) is 15.1. The van der Waals surface area contributed by atoms with Crippen LogP contribution in [-0.2, 0) is 10.5 Å². The van der Waals surface area contributed by atoms with E-state index in [9.17, 15) is 0 Å². The molecular formula is C13H20INO. The van der Waals surface area contributed by atoms with E-state index in [0.717, 1.165) is 6.42 Å². The molecule has 0 spiro atoms. The van der Waals surface area contributed by atoms with Gasteiger partial charge >= 0.3 is 0 Å². The van der Waals surface area contributed by atoms with E-state index in [4.69, 9.17) is 4.74 Å². The van der Waals surface area contributed by atoms with Crippen molar-refractivity contribution in [2.75, 3.05) is 7.11 Å². The first kappa shape index (κ1) is 13.9. The molecule has 0 fully saturated rings. The summed E-state index contributed by atoms with van der Waals surface area (Å²) in [6.45, 7) is 6.42. The van der Waals surface area contributed by atoms with Gasteiger partial charge in [0.15, 0.2) is 0 Å². The molecule has 1 aromatic carbocycles. The molecule has 0 radical (unpaired) electrons. The Hall–Kier alpha value is -0.130. The number of hydrogen-bond donors (Lipinski definition) is 1. The minimum atomic E-state index is -0.369. The maximum absolute atomic E-state index is 5.75. The number of hydrogen-bond acceptors (Lipinski definition) is 2. The molecule has 2 nitrogen and oxygen atoms in total. The zero-order valence-corrected chi connectivity index (χ0v) is 12.5. The fraction of sp³-hybridized carbons (Fsp3) is 0.538. The Morgan fingerprint density at radius 1 is 1.38 bits per heavy atom. The van der Waals surface area contributed by atoms with E-state index in [1.54, 1.807) is 7.11 Å². The number of nitrogens with one attached hydrogen (secondary N) is 1. The number of halogens is 1. The van der Waals surface area contributed by atoms with E-state index in [0.29, 0.717) is 6.04 Å². The molecule has 1 N–H and O–H groups in total. The lowest BCUT2D eigenvalue weighted by Crippen LogP contribution is -2.47. The van der Waals surface area contributed by atoms with Crippen LogP contribution < -0.4 is 5.32 Å². The summed E-state index contributed by atoms with van der Waals surface area (Å²) in [5.41, 5.74) is 0.848. The van der Waals surface area contributed by atoms with Crippen LogP contribution in [0.15, 0.2) is 24.3 Å². The van der Waals surface area contributed by atoms with Crippen LogP contribution in [0.4, 0.5) is 0 Å². The highest BCUT2D eigenvalue weighted by Gasteiger charge is 2.32. The van der Waals surface area contributed by atoms with E-state index in [2.05, 4.69) is 72.9 Å². The van der Waals surface area contributed by atoms with Crippen molar-refractivity contribution in [3.63, 3.8) is 0 Å². The second kappa shape index (κ2) is 5.98. The Kier molecular flexibility index (Phi) is 5.21. The van der Waals surface area contributed by atoms with Crippen LogP contribution in [0.1, 0.15) is 32.8 Å². The molecule has 0 aliphatic carbocycles. The fourth-order valence-electron chi connectivity index (χ4n) is 1.94. The summed E-state index contributed by atoms with van der Waals surface area (Å²) >= 11 is 2.36. The van der Waals surface area contributed by atoms with E-state index >= 15 is 0 Å². The number of benzene rings is 1. The van der Waals surface area contributed by atoms with Crippen LogP contribution in [0.3, 0.4) is 0 Å². The van der Waals surface area contributed by atoms with Crippen LogP contribution in [0.5, 0.6) is 0 Å². The molecule has 0 bridgehead atoms. The monoisotopic (exact) mass is 333 g/mol. The predicted molar refractivity (Wildman–Crippen MR) is 76.4 cm³/mol. The number of rotatable bonds is 5. The lowest BCUT2D eigenvalue weighted by atomic mass is 9.99. The minimum absolute atomic E-state index is 0.369. The maximum Gasteiger partial charge on any atom is 0.145 e. The number of ether oxygens (including phenoxy) is 1. The molecule has 16 heavy (non-hydrogen) atoms. The van der Waals surface area contributed by atoms with Gasteiger partial charge in [-0.2, -0.15) is 0 Å². The Labute approximate surface area is 112 Å². The van der Waals surface area contributed by atoms with Crippen molar-refractivity contribution in [3.8, 4) is 0 Å². The number of methoxy groups -OCH3 is 1. The van der Waals surface area contributed by atoms with Crippen molar-refractivity contribution in [2.45, 2.75) is 39.0 Å². The van der Waals surface area contributed by atoms with Gasteiger partial charge in [0.25, 0.3) is 0 Å². The first-order chi connectivity index (χ1) is 7.55. The SMILES string of the molecule is CC[C@](NC(C)C)(OC)c1ccccc1I. The summed E-state index contributed by atoms with van der Waals surface area (Å²) in [6.07, 6.45) is 0.904. The van der Waals surface area contributed by atoms with Gasteiger partial charge in [0.2, 0.25) is 0 Å². The molecule has 1 aromatic rings. The van der Waals surface area contributed by atoms with Gasteiger partial charge in [-0.1, -0.05) is 25.1 Å². The quantitative estimate of drug-likeness (QED) is 0.658. The van der Waals surface area contributed by atoms with Crippen molar-refractivity contribution in [3.05, 3.63) is 33.4 Å². The Morgan fingerprint density at radius 3 is 2.44 bits per heavy atom. The molecule has 0 heterocycles. The molecule has 0 saturated heterocycles. The molecule has 0 aromatic heterocycles. The highest BCUT2D eigenvalue weighted by Crippen LogP contribution is 2.30. The van der Waals surface area contributed by atoms with E-state index in [1.807, 2.05) is 0 Å². The molecule has 0 unspecified atom stereocenters. The summed E-state index contributed by atoms with van der Waals surface area (Å²) in [5, 5.41) is 3.52. The third kappa shape index (κ3) is 2.96. The van der Waals surface area contributed by atoms with E-state index in [1.165, 1.54) is 9.13 Å². The summed E-state index contributed by atoms with van der Waals surface area (Å²) < 4.78 is 6.98. The molecule has 0 aliphatic heterocycles. The molecule has 1 rings (SSSR count). The lowest BCUT2D eigenvalue weighted by Gasteiger charge is -2.35. The van der Waals surface area contributed by atoms with Crippen molar-refractivity contribution in [1.82, 2.24) is 5.32 Å². The average molecular weight is 333 g/mol. The van der Waals surface area contributed by atoms with Crippen molar-refractivity contribution < 1.29 is 4.74 Å². The van der Waals surface area contributed by atoms with Gasteiger partial charge in [-0.15, -0.1) is 0 Å². The van der Waals surface area contributed by atoms with Gasteiger partial charge in [0, 0.05) is 22.3 Å². The zero-order valence-electron chi connectivity index (χ0n) is 10.4. The smallest absolute Gasteiger partial charge is 0.145 e. The van der Waals surface area contributed by atoms with Gasteiger partial charge in [-0.05, 0) is 48.9 Å². The van der Waals surface area contributed by atoms with Crippen molar-refractivity contribution in [1.29, 1.82) is 0 Å². The molecular weight excluding hydrogens is 313 g/mol. The third-order valence-corrected chi connectivity index (χ3v) is 3.62. The molecule has 90 valence electrons. The van der Waals surface area contributed by atoms with E-state index < -0.39 is 0 Å². The summed E-state index contributed by atoms with van der Waals surface area (Å²) in [6, 6.07) is 8.74. The topological polar surface area (TPSA) is 21.3 Å². The van der Waals surface area contributed by atoms with Gasteiger partial charge < -0.3 is 4.74 Å². The Balaban J connectivity index is 3.15. The van der Waals surface area contributed by atoms with Crippen molar-refractivity contribution >= 4 is 22.6 Å². The van der Waals surface area contributed by atoms with Gasteiger partial charge in [-0.3, -0.25) is 5.32 Å². The van der Waals surface area contributed by atoms with Crippen LogP contribution in [0.25, 0.3) is 0 Å². The Morgan fingerprint density at radius 2 is 2.00 bits per heavy atom. The largest absolute Gasteiger partial charge is 0.360 e. The zero-order chi connectivity index (χ0) is 12.2. The minimum Gasteiger partial charge on any atom is -0.360 e. The first-order valence-corrected chi connectivity index (χ1v) is 6.71. The highest BCUT2D eigenvalue weighted by atomic mass is 127. The Bertz CT molecular complexity index is 334. The summed E-state index contributed by atoms with van der Waals surface area (Å²) in [4.78, 5) is 0. The third-order valence-electron chi connectivity index (χ3n) is 2.68. The van der Waals surface area contributed by atoms with E-state index in [-0.39, 0.29) is 5.72 Å². The van der Waals surface area contributed by atoms with Gasteiger partial charge in [-0.25, -0.2) is 0 Å². The van der Waals surface area contributed by atoms with Crippen LogP contribution in [-0.4, -0.2) is 13.2 Å². The standard InChI is InChI=1S/C13H20INO/c1-5-13(16-4,15-10(2)3)11-8-6-7-9-12(11)14/h6-10,15H,5H2,1-4H3/t13-/m0/s1. The van der Waals surface area contributed by atoms with Crippen LogP contribution >= 0.6 is 22.6 Å². The van der Waals surface area contributed by atoms with Crippen LogP contribution in [0, 0.1) is 3.57 Å². The maximum atomic E-state index is 5.75.